The Morgan fingerprint density at radius 3 is 1.55 bits per heavy atom. The number of aromatic nitrogens is 1. The summed E-state index contributed by atoms with van der Waals surface area (Å²) in [5.41, 5.74) is 14.2. The van der Waals surface area contributed by atoms with Crippen molar-refractivity contribution in [3.63, 3.8) is 0 Å². The van der Waals surface area contributed by atoms with E-state index in [1.54, 1.807) is 0 Å². The number of nitrogens with zero attached hydrogens (tertiary/aromatic N) is 1. The summed E-state index contributed by atoms with van der Waals surface area (Å²) < 4.78 is 2.32. The van der Waals surface area contributed by atoms with E-state index >= 15 is 0 Å². The summed E-state index contributed by atoms with van der Waals surface area (Å²) in [7, 11) is 0. The first kappa shape index (κ1) is 17.3. The van der Waals surface area contributed by atoms with Crippen LogP contribution in [0.15, 0.2) is 103 Å². The first-order valence-electron chi connectivity index (χ1n) is 9.85. The Bertz CT molecular complexity index is 1220. The second-order valence-corrected chi connectivity index (χ2v) is 7.37. The molecule has 0 saturated carbocycles. The lowest BCUT2D eigenvalue weighted by molar-refractivity contribution is 1.10. The molecule has 0 radical (unpaired) electrons. The van der Waals surface area contributed by atoms with Crippen LogP contribution in [0, 0.1) is 6.92 Å². The van der Waals surface area contributed by atoms with Gasteiger partial charge in [-0.05, 0) is 35.7 Å². The van der Waals surface area contributed by atoms with Crippen molar-refractivity contribution in [1.29, 1.82) is 0 Å². The Hall–Kier alpha value is -3.78. The van der Waals surface area contributed by atoms with Crippen LogP contribution in [-0.2, 0) is 0 Å². The minimum absolute atomic E-state index is 0.777. The first-order valence-corrected chi connectivity index (χ1v) is 9.85. The van der Waals surface area contributed by atoms with Gasteiger partial charge in [0.1, 0.15) is 0 Å². The van der Waals surface area contributed by atoms with Crippen LogP contribution >= 0.6 is 0 Å². The van der Waals surface area contributed by atoms with Crippen LogP contribution in [0.25, 0.3) is 39.0 Å². The van der Waals surface area contributed by atoms with Gasteiger partial charge in [0.05, 0.1) is 22.8 Å². The van der Waals surface area contributed by atoms with Crippen LogP contribution in [0.3, 0.4) is 0 Å². The van der Waals surface area contributed by atoms with Crippen LogP contribution < -0.4 is 5.73 Å². The fourth-order valence-corrected chi connectivity index (χ4v) is 4.13. The molecule has 1 heterocycles. The number of aryl methyl sites for hydroxylation is 1. The van der Waals surface area contributed by atoms with Crippen LogP contribution in [-0.4, -0.2) is 4.57 Å². The van der Waals surface area contributed by atoms with Gasteiger partial charge in [0.15, 0.2) is 0 Å². The van der Waals surface area contributed by atoms with Gasteiger partial charge >= 0.3 is 0 Å². The van der Waals surface area contributed by atoms with Gasteiger partial charge in [-0.1, -0.05) is 91.0 Å². The van der Waals surface area contributed by atoms with Crippen LogP contribution in [0.4, 0.5) is 5.69 Å². The molecule has 1 aromatic heterocycles. The molecule has 5 rings (SSSR count). The molecule has 2 heteroatoms. The molecule has 0 aliphatic heterocycles. The number of hydrogen-bond acceptors (Lipinski definition) is 1. The summed E-state index contributed by atoms with van der Waals surface area (Å²) in [5.74, 6) is 0. The summed E-state index contributed by atoms with van der Waals surface area (Å²) in [6, 6.07) is 36.0. The summed E-state index contributed by atoms with van der Waals surface area (Å²) in [5, 5.41) is 2.44. The largest absolute Gasteiger partial charge is 0.397 e. The summed E-state index contributed by atoms with van der Waals surface area (Å²) in [4.78, 5) is 0. The molecule has 4 aromatic carbocycles. The third kappa shape index (κ3) is 2.90. The van der Waals surface area contributed by atoms with E-state index in [4.69, 9.17) is 5.73 Å². The fourth-order valence-electron chi connectivity index (χ4n) is 4.13. The maximum Gasteiger partial charge on any atom is 0.0692 e. The van der Waals surface area contributed by atoms with Crippen LogP contribution in [0.2, 0.25) is 0 Å². The van der Waals surface area contributed by atoms with Gasteiger partial charge in [-0.3, -0.25) is 0 Å². The SMILES string of the molecule is Cc1ccc(-n2c(-c3ccccc3)c3ccccc3c2-c2ccccc2)c(N)c1. The molecular weight excluding hydrogens is 352 g/mol. The normalized spacial score (nSPS) is 11.1. The third-order valence-corrected chi connectivity index (χ3v) is 5.40. The molecule has 0 aliphatic carbocycles. The molecule has 0 bridgehead atoms. The highest BCUT2D eigenvalue weighted by Crippen LogP contribution is 2.42. The molecule has 0 amide bonds. The van der Waals surface area contributed by atoms with Gasteiger partial charge in [-0.15, -0.1) is 0 Å². The Morgan fingerprint density at radius 1 is 0.586 bits per heavy atom. The summed E-state index contributed by atoms with van der Waals surface area (Å²) in [6.45, 7) is 2.07. The van der Waals surface area contributed by atoms with E-state index in [9.17, 15) is 0 Å². The Morgan fingerprint density at radius 2 is 1.07 bits per heavy atom. The lowest BCUT2D eigenvalue weighted by atomic mass is 10.0. The Kier molecular flexibility index (Phi) is 4.18. The van der Waals surface area contributed by atoms with E-state index in [2.05, 4.69) is 109 Å². The van der Waals surface area contributed by atoms with E-state index in [-0.39, 0.29) is 0 Å². The number of anilines is 1. The maximum absolute atomic E-state index is 6.55. The van der Waals surface area contributed by atoms with Gasteiger partial charge in [0, 0.05) is 10.8 Å². The van der Waals surface area contributed by atoms with E-state index < -0.39 is 0 Å². The van der Waals surface area contributed by atoms with Gasteiger partial charge in [0.2, 0.25) is 0 Å². The Labute approximate surface area is 170 Å². The topological polar surface area (TPSA) is 30.9 Å². The number of rotatable bonds is 3. The van der Waals surface area contributed by atoms with E-state index in [1.807, 2.05) is 6.07 Å². The quantitative estimate of drug-likeness (QED) is 0.344. The van der Waals surface area contributed by atoms with Crippen molar-refractivity contribution < 1.29 is 0 Å². The van der Waals surface area contributed by atoms with Crippen molar-refractivity contribution in [2.75, 3.05) is 5.73 Å². The number of fused-ring (bicyclic) bond motifs is 1. The molecule has 2 N–H and O–H groups in total. The zero-order valence-electron chi connectivity index (χ0n) is 16.3. The minimum Gasteiger partial charge on any atom is -0.397 e. The third-order valence-electron chi connectivity index (χ3n) is 5.40. The summed E-state index contributed by atoms with van der Waals surface area (Å²) >= 11 is 0. The highest BCUT2D eigenvalue weighted by molar-refractivity contribution is 6.06. The lowest BCUT2D eigenvalue weighted by Crippen LogP contribution is -2.04. The zero-order valence-corrected chi connectivity index (χ0v) is 16.3. The highest BCUT2D eigenvalue weighted by Gasteiger charge is 2.21. The van der Waals surface area contributed by atoms with Gasteiger partial charge in [0.25, 0.3) is 0 Å². The highest BCUT2D eigenvalue weighted by atomic mass is 15.0. The smallest absolute Gasteiger partial charge is 0.0692 e. The van der Waals surface area contributed by atoms with Crippen molar-refractivity contribution in [2.24, 2.45) is 0 Å². The van der Waals surface area contributed by atoms with E-state index in [0.29, 0.717) is 0 Å². The second-order valence-electron chi connectivity index (χ2n) is 7.37. The molecule has 0 fully saturated rings. The van der Waals surface area contributed by atoms with Crippen molar-refractivity contribution in [1.82, 2.24) is 4.57 Å². The summed E-state index contributed by atoms with van der Waals surface area (Å²) in [6.07, 6.45) is 0. The molecule has 0 aliphatic rings. The zero-order chi connectivity index (χ0) is 19.8. The average Bonchev–Trinajstić information content (AvgIpc) is 3.10. The predicted octanol–water partition coefficient (Wildman–Crippen LogP) is 6.86. The van der Waals surface area contributed by atoms with Gasteiger partial charge in [-0.25, -0.2) is 0 Å². The van der Waals surface area contributed by atoms with Crippen LogP contribution in [0.1, 0.15) is 5.56 Å². The molecule has 29 heavy (non-hydrogen) atoms. The average molecular weight is 374 g/mol. The van der Waals surface area contributed by atoms with Crippen molar-refractivity contribution in [2.45, 2.75) is 6.92 Å². The second kappa shape index (κ2) is 6.99. The molecular formula is C27H22N2. The number of hydrogen-bond donors (Lipinski definition) is 1. The molecule has 0 saturated heterocycles. The standard InChI is InChI=1S/C27H22N2/c1-19-16-17-25(24(28)18-19)29-26(20-10-4-2-5-11-20)22-14-8-9-15-23(22)27(29)21-12-6-3-7-13-21/h2-18H,28H2,1H3. The van der Waals surface area contributed by atoms with Crippen molar-refractivity contribution in [3.05, 3.63) is 109 Å². The van der Waals surface area contributed by atoms with Crippen molar-refractivity contribution in [3.8, 4) is 28.2 Å². The molecule has 0 atom stereocenters. The molecule has 140 valence electrons. The monoisotopic (exact) mass is 374 g/mol. The fraction of sp³-hybridized carbons (Fsp3) is 0.0370. The van der Waals surface area contributed by atoms with Crippen LogP contribution in [0.5, 0.6) is 0 Å². The molecule has 0 unspecified atom stereocenters. The van der Waals surface area contributed by atoms with E-state index in [1.165, 1.54) is 21.9 Å². The number of benzene rings is 4. The lowest BCUT2D eigenvalue weighted by Gasteiger charge is -2.17. The molecule has 2 nitrogen and oxygen atoms in total. The molecule has 5 aromatic rings. The minimum atomic E-state index is 0.777. The van der Waals surface area contributed by atoms with E-state index in [0.717, 1.165) is 28.3 Å². The molecule has 0 spiro atoms. The number of nitrogen functional groups attached to an aromatic ring is 1. The Balaban J connectivity index is 1.98. The predicted molar refractivity (Wildman–Crippen MR) is 123 cm³/mol. The maximum atomic E-state index is 6.55. The van der Waals surface area contributed by atoms with Gasteiger partial charge < -0.3 is 10.3 Å². The first-order chi connectivity index (χ1) is 14.2. The van der Waals surface area contributed by atoms with Crippen molar-refractivity contribution >= 4 is 16.5 Å². The number of nitrogens with two attached hydrogens (primary N) is 1. The van der Waals surface area contributed by atoms with Gasteiger partial charge in [-0.2, -0.15) is 0 Å².